The Morgan fingerprint density at radius 3 is 1.40 bits per heavy atom. The average Bonchev–Trinajstić information content (AvgIpc) is 3.25. The number of aliphatic carboxylic acids is 1. The highest BCUT2D eigenvalue weighted by atomic mass is 31.2. The summed E-state index contributed by atoms with van der Waals surface area (Å²) in [4.78, 5) is 33.7. The van der Waals surface area contributed by atoms with Gasteiger partial charge in [0.25, 0.3) is 0 Å². The monoisotopic (exact) mass is 892 g/mol. The van der Waals surface area contributed by atoms with E-state index in [-0.39, 0.29) is 13.0 Å². The highest BCUT2D eigenvalue weighted by molar-refractivity contribution is 7.47. The maximum absolute atomic E-state index is 12.7. The number of ether oxygens (including phenoxy) is 2. The van der Waals surface area contributed by atoms with E-state index in [0.29, 0.717) is 13.0 Å². The van der Waals surface area contributed by atoms with Crippen LogP contribution < -0.4 is 5.73 Å². The van der Waals surface area contributed by atoms with Crippen LogP contribution in [0.3, 0.4) is 0 Å². The van der Waals surface area contributed by atoms with E-state index < -0.39 is 45.1 Å². The van der Waals surface area contributed by atoms with Crippen LogP contribution in [0, 0.1) is 0 Å². The van der Waals surface area contributed by atoms with E-state index in [1.807, 2.05) is 0 Å². The fourth-order valence-electron chi connectivity index (χ4n) is 6.45. The van der Waals surface area contributed by atoms with Crippen molar-refractivity contribution in [1.82, 2.24) is 0 Å². The molecule has 11 heteroatoms. The lowest BCUT2D eigenvalue weighted by molar-refractivity contribution is -0.154. The van der Waals surface area contributed by atoms with E-state index in [1.54, 1.807) is 0 Å². The molecule has 358 valence electrons. The van der Waals surface area contributed by atoms with Crippen LogP contribution in [0.4, 0.5) is 0 Å². The van der Waals surface area contributed by atoms with Crippen molar-refractivity contribution in [2.45, 2.75) is 212 Å². The molecule has 3 unspecified atom stereocenters. The second-order valence-electron chi connectivity index (χ2n) is 16.2. The first-order valence-corrected chi connectivity index (χ1v) is 26.0. The molecule has 0 aliphatic heterocycles. The molecular formula is C51H90NO9P. The number of esters is 1. The third kappa shape index (κ3) is 45.4. The van der Waals surface area contributed by atoms with E-state index in [0.717, 1.165) is 83.5 Å². The number of phosphoric ester groups is 1. The smallest absolute Gasteiger partial charge is 0.472 e. The number of carbonyl (C=O) groups excluding carboxylic acids is 1. The molecule has 0 saturated carbocycles. The van der Waals surface area contributed by atoms with Gasteiger partial charge < -0.3 is 25.2 Å². The standard InChI is InChI=1S/C51H90NO9P/c1-3-5-7-9-11-13-15-17-19-21-23-24-25-27-29-31-33-35-37-39-41-43-50(53)61-48(46-59-62(56,57)60-47-49(52)51(54)55)45-58-44-42-40-38-36-34-32-30-28-26-22-20-18-16-14-12-10-8-6-4-2/h5,7,11,13-14,16-17,19-20,22-24,48-49H,3-4,6,8-10,12,15,18,21,25-47,52H2,1-2H3,(H,54,55)(H,56,57)/b7-5-,13-11-,16-14-,19-17-,22-20-,24-23-. The highest BCUT2D eigenvalue weighted by Gasteiger charge is 2.27. The summed E-state index contributed by atoms with van der Waals surface area (Å²) in [6.45, 7) is 3.74. The van der Waals surface area contributed by atoms with E-state index in [4.69, 9.17) is 29.4 Å². The predicted molar refractivity (Wildman–Crippen MR) is 258 cm³/mol. The molecule has 0 spiro atoms. The van der Waals surface area contributed by atoms with Crippen LogP contribution in [0.2, 0.25) is 0 Å². The van der Waals surface area contributed by atoms with Gasteiger partial charge in [0.15, 0.2) is 0 Å². The number of carboxylic acid groups (broad SMARTS) is 1. The molecule has 0 aromatic rings. The van der Waals surface area contributed by atoms with Crippen molar-refractivity contribution in [2.75, 3.05) is 26.4 Å². The first kappa shape index (κ1) is 59.4. The van der Waals surface area contributed by atoms with Crippen LogP contribution >= 0.6 is 7.82 Å². The number of allylic oxidation sites excluding steroid dienone is 12. The first-order valence-electron chi connectivity index (χ1n) is 24.5. The Bertz CT molecular complexity index is 1260. The van der Waals surface area contributed by atoms with E-state index in [1.165, 1.54) is 89.9 Å². The maximum atomic E-state index is 12.7. The van der Waals surface area contributed by atoms with Gasteiger partial charge in [-0.1, -0.05) is 183 Å². The van der Waals surface area contributed by atoms with Crippen LogP contribution in [0.15, 0.2) is 72.9 Å². The highest BCUT2D eigenvalue weighted by Crippen LogP contribution is 2.43. The molecule has 0 aromatic carbocycles. The van der Waals surface area contributed by atoms with Crippen LogP contribution in [-0.2, 0) is 32.7 Å². The lowest BCUT2D eigenvalue weighted by Crippen LogP contribution is -2.34. The summed E-state index contributed by atoms with van der Waals surface area (Å²) in [6, 6.07) is -1.48. The zero-order valence-corrected chi connectivity index (χ0v) is 40.1. The van der Waals surface area contributed by atoms with E-state index >= 15 is 0 Å². The minimum Gasteiger partial charge on any atom is -0.480 e. The zero-order valence-electron chi connectivity index (χ0n) is 39.2. The van der Waals surface area contributed by atoms with Gasteiger partial charge in [0, 0.05) is 13.0 Å². The minimum absolute atomic E-state index is 0.00639. The Morgan fingerprint density at radius 2 is 0.935 bits per heavy atom. The fourth-order valence-corrected chi connectivity index (χ4v) is 7.23. The normalized spacial score (nSPS) is 14.4. The molecule has 0 amide bonds. The second kappa shape index (κ2) is 46.4. The van der Waals surface area contributed by atoms with E-state index in [2.05, 4.69) is 86.8 Å². The second-order valence-corrected chi connectivity index (χ2v) is 17.7. The van der Waals surface area contributed by atoms with Gasteiger partial charge in [0.2, 0.25) is 0 Å². The van der Waals surface area contributed by atoms with Gasteiger partial charge in [-0.2, -0.15) is 0 Å². The molecule has 0 fully saturated rings. The first-order chi connectivity index (χ1) is 30.2. The Balaban J connectivity index is 4.21. The Morgan fingerprint density at radius 1 is 0.532 bits per heavy atom. The number of phosphoric acid groups is 1. The summed E-state index contributed by atoms with van der Waals surface area (Å²) < 4.78 is 33.5. The molecule has 3 atom stereocenters. The molecule has 0 radical (unpaired) electrons. The minimum atomic E-state index is -4.63. The van der Waals surface area contributed by atoms with Crippen molar-refractivity contribution in [3.05, 3.63) is 72.9 Å². The molecular weight excluding hydrogens is 802 g/mol. The van der Waals surface area contributed by atoms with Gasteiger partial charge in [-0.15, -0.1) is 0 Å². The molecule has 0 aliphatic rings. The molecule has 10 nitrogen and oxygen atoms in total. The maximum Gasteiger partial charge on any atom is 0.472 e. The fraction of sp³-hybridized carbons (Fsp3) is 0.725. The van der Waals surface area contributed by atoms with E-state index in [9.17, 15) is 19.0 Å². The Labute approximate surface area is 378 Å². The molecule has 0 aliphatic carbocycles. The van der Waals surface area contributed by atoms with Crippen molar-refractivity contribution in [3.63, 3.8) is 0 Å². The number of hydrogen-bond acceptors (Lipinski definition) is 8. The van der Waals surface area contributed by atoms with Crippen LogP contribution in [0.1, 0.15) is 200 Å². The summed E-state index contributed by atoms with van der Waals surface area (Å²) in [5.74, 6) is -1.79. The number of carboxylic acids is 1. The van der Waals surface area contributed by atoms with Crippen molar-refractivity contribution in [3.8, 4) is 0 Å². The van der Waals surface area contributed by atoms with Gasteiger partial charge >= 0.3 is 19.8 Å². The van der Waals surface area contributed by atoms with Crippen LogP contribution in [-0.4, -0.2) is 60.5 Å². The zero-order chi connectivity index (χ0) is 45.5. The molecule has 4 N–H and O–H groups in total. The number of unbranched alkanes of at least 4 members (excludes halogenated alkanes) is 20. The number of hydrogen-bond donors (Lipinski definition) is 3. The average molecular weight is 892 g/mol. The van der Waals surface area contributed by atoms with Crippen molar-refractivity contribution < 1.29 is 42.7 Å². The lowest BCUT2D eigenvalue weighted by atomic mass is 10.1. The van der Waals surface area contributed by atoms with Gasteiger partial charge in [-0.25, -0.2) is 4.57 Å². The Kier molecular flexibility index (Phi) is 44.5. The summed E-state index contributed by atoms with van der Waals surface area (Å²) in [6.07, 6.45) is 58.0. The SMILES string of the molecule is CC/C=C\C/C=C\C/C=C\C/C=C\CCCCCCCCCCC(=O)OC(COCCCCCCCCCC/C=C\C/C=C\CCCCCC)COP(=O)(O)OCC(N)C(=O)O. The third-order valence-electron chi connectivity index (χ3n) is 10.2. The molecule has 62 heavy (non-hydrogen) atoms. The summed E-state index contributed by atoms with van der Waals surface area (Å²) in [7, 11) is -4.63. The molecule has 0 saturated heterocycles. The van der Waals surface area contributed by atoms with Crippen LogP contribution in [0.5, 0.6) is 0 Å². The van der Waals surface area contributed by atoms with Gasteiger partial charge in [-0.3, -0.25) is 18.6 Å². The van der Waals surface area contributed by atoms with Gasteiger partial charge in [0.05, 0.1) is 19.8 Å². The number of rotatable bonds is 46. The lowest BCUT2D eigenvalue weighted by Gasteiger charge is -2.20. The molecule has 0 heterocycles. The molecule has 0 aromatic heterocycles. The molecule has 0 bridgehead atoms. The molecule has 0 rings (SSSR count). The van der Waals surface area contributed by atoms with Crippen molar-refractivity contribution >= 4 is 19.8 Å². The summed E-state index contributed by atoms with van der Waals surface area (Å²) >= 11 is 0. The van der Waals surface area contributed by atoms with Gasteiger partial charge in [-0.05, 0) is 83.5 Å². The summed E-state index contributed by atoms with van der Waals surface area (Å²) in [5, 5.41) is 8.92. The van der Waals surface area contributed by atoms with Crippen molar-refractivity contribution in [1.29, 1.82) is 0 Å². The Hall–Kier alpha value is -2.59. The summed E-state index contributed by atoms with van der Waals surface area (Å²) in [5.41, 5.74) is 5.37. The van der Waals surface area contributed by atoms with Crippen LogP contribution in [0.25, 0.3) is 0 Å². The van der Waals surface area contributed by atoms with Crippen molar-refractivity contribution in [2.24, 2.45) is 5.73 Å². The quantitative estimate of drug-likeness (QED) is 0.0233. The number of carbonyl (C=O) groups is 2. The number of nitrogens with two attached hydrogens (primary N) is 1. The van der Waals surface area contributed by atoms with Gasteiger partial charge in [0.1, 0.15) is 12.1 Å². The topological polar surface area (TPSA) is 155 Å². The largest absolute Gasteiger partial charge is 0.480 e. The predicted octanol–water partition coefficient (Wildman–Crippen LogP) is 14.2. The third-order valence-corrected chi connectivity index (χ3v) is 11.2.